The largest absolute Gasteiger partial charge is 0.508 e. The molecule has 0 aliphatic carbocycles. The maximum Gasteiger partial charge on any atom is 0.508 e. The Bertz CT molecular complexity index is 617. The molecular formula is C16H29NO10S. The lowest BCUT2D eigenvalue weighted by atomic mass is 9.88. The third-order valence-electron chi connectivity index (χ3n) is 3.33. The first kappa shape index (κ1) is 26.1. The van der Waals surface area contributed by atoms with Crippen molar-refractivity contribution < 1.29 is 46.3 Å². The van der Waals surface area contributed by atoms with Crippen LogP contribution in [0, 0.1) is 5.41 Å². The average Bonchev–Trinajstić information content (AvgIpc) is 2.60. The summed E-state index contributed by atoms with van der Waals surface area (Å²) in [7, 11) is -3.89. The maximum atomic E-state index is 11.9. The van der Waals surface area contributed by atoms with Crippen LogP contribution >= 0.6 is 0 Å². The van der Waals surface area contributed by atoms with E-state index in [0.717, 1.165) is 0 Å². The third-order valence-corrected chi connectivity index (χ3v) is 4.59. The van der Waals surface area contributed by atoms with E-state index in [1.807, 2.05) is 0 Å². The lowest BCUT2D eigenvalue weighted by Gasteiger charge is -2.28. The van der Waals surface area contributed by atoms with E-state index >= 15 is 0 Å². The van der Waals surface area contributed by atoms with Crippen LogP contribution in [0.4, 0.5) is 4.79 Å². The van der Waals surface area contributed by atoms with Gasteiger partial charge in [-0.3, -0.25) is 8.98 Å². The first-order valence-electron chi connectivity index (χ1n) is 8.67. The highest BCUT2D eigenvalue weighted by molar-refractivity contribution is 7.86. The first-order chi connectivity index (χ1) is 12.9. The fraction of sp³-hybridized carbons (Fsp3) is 0.812. The zero-order chi connectivity index (χ0) is 21.8. The van der Waals surface area contributed by atoms with E-state index in [0.29, 0.717) is 0 Å². The van der Waals surface area contributed by atoms with Crippen LogP contribution in [0.15, 0.2) is 0 Å². The van der Waals surface area contributed by atoms with E-state index in [1.54, 1.807) is 6.92 Å². The fourth-order valence-electron chi connectivity index (χ4n) is 1.72. The van der Waals surface area contributed by atoms with E-state index < -0.39 is 40.4 Å². The zero-order valence-corrected chi connectivity index (χ0v) is 17.4. The minimum atomic E-state index is -3.89. The van der Waals surface area contributed by atoms with Gasteiger partial charge in [0.2, 0.25) is 5.91 Å². The van der Waals surface area contributed by atoms with Gasteiger partial charge in [0.25, 0.3) is 10.1 Å². The summed E-state index contributed by atoms with van der Waals surface area (Å²) in [5.41, 5.74) is -1.26. The van der Waals surface area contributed by atoms with Gasteiger partial charge in [0, 0.05) is 18.9 Å². The van der Waals surface area contributed by atoms with Gasteiger partial charge in [-0.25, -0.2) is 9.59 Å². The molecule has 0 fully saturated rings. The highest BCUT2D eigenvalue weighted by Gasteiger charge is 2.36. The molecule has 0 heterocycles. The normalized spacial score (nSPS) is 12.8. The summed E-state index contributed by atoms with van der Waals surface area (Å²) in [6.45, 7) is 5.10. The number of esters is 1. The molecule has 1 amide bonds. The summed E-state index contributed by atoms with van der Waals surface area (Å²) in [4.78, 5) is 33.6. The first-order valence-corrected chi connectivity index (χ1v) is 10.2. The Labute approximate surface area is 164 Å². The average molecular weight is 427 g/mol. The van der Waals surface area contributed by atoms with Gasteiger partial charge in [0.05, 0.1) is 19.0 Å². The molecule has 0 saturated carbocycles. The molecular weight excluding hydrogens is 398 g/mol. The molecule has 164 valence electrons. The summed E-state index contributed by atoms with van der Waals surface area (Å²) in [6, 6.07) is 0. The highest BCUT2D eigenvalue weighted by atomic mass is 32.2. The van der Waals surface area contributed by atoms with Crippen LogP contribution in [0.1, 0.15) is 34.1 Å². The molecule has 0 aliphatic heterocycles. The molecule has 0 aliphatic rings. The van der Waals surface area contributed by atoms with Gasteiger partial charge >= 0.3 is 12.1 Å². The Morgan fingerprint density at radius 3 is 2.29 bits per heavy atom. The van der Waals surface area contributed by atoms with E-state index in [1.165, 1.54) is 20.8 Å². The van der Waals surface area contributed by atoms with Crippen molar-refractivity contribution in [2.75, 3.05) is 38.7 Å². The number of carbonyl (C=O) groups is 3. The number of hydrogen-bond acceptors (Lipinski definition) is 10. The van der Waals surface area contributed by atoms with E-state index in [4.69, 9.17) is 8.92 Å². The van der Waals surface area contributed by atoms with Crippen LogP contribution in [0.3, 0.4) is 0 Å². The molecule has 1 unspecified atom stereocenters. The van der Waals surface area contributed by atoms with Crippen molar-refractivity contribution in [1.29, 1.82) is 0 Å². The Hall–Kier alpha value is -1.92. The van der Waals surface area contributed by atoms with Crippen LogP contribution in [0.25, 0.3) is 0 Å². The van der Waals surface area contributed by atoms with E-state index in [-0.39, 0.29) is 44.4 Å². The van der Waals surface area contributed by atoms with Crippen LogP contribution in [0.5, 0.6) is 0 Å². The predicted octanol–water partition coefficient (Wildman–Crippen LogP) is -0.0376. The third kappa shape index (κ3) is 11.7. The van der Waals surface area contributed by atoms with Crippen molar-refractivity contribution in [3.63, 3.8) is 0 Å². The van der Waals surface area contributed by atoms with Crippen LogP contribution in [0.2, 0.25) is 0 Å². The Morgan fingerprint density at radius 2 is 1.71 bits per heavy atom. The summed E-state index contributed by atoms with van der Waals surface area (Å²) in [6.07, 6.45) is -2.41. The second-order valence-corrected chi connectivity index (χ2v) is 8.21. The second kappa shape index (κ2) is 12.5. The van der Waals surface area contributed by atoms with Gasteiger partial charge in [-0.1, -0.05) is 13.8 Å². The standard InChI is InChI=1S/C16H29NO10S/c1-5-24-15(21)26-9-8-25-14(20)13(19)16(3,4)11-27-28(22,23)10-6-7-17-12(2)18/h13,19H,5-11H2,1-4H3,(H,17,18). The number of aliphatic hydroxyl groups excluding tert-OH is 1. The molecule has 0 radical (unpaired) electrons. The molecule has 0 aromatic carbocycles. The number of carbonyl (C=O) groups excluding carboxylic acids is 3. The number of hydrogen-bond donors (Lipinski definition) is 2. The molecule has 0 rings (SSSR count). The highest BCUT2D eigenvalue weighted by Crippen LogP contribution is 2.23. The summed E-state index contributed by atoms with van der Waals surface area (Å²) in [5, 5.41) is 12.5. The fourth-order valence-corrected chi connectivity index (χ4v) is 2.82. The van der Waals surface area contributed by atoms with Crippen LogP contribution in [-0.4, -0.2) is 76.4 Å². The van der Waals surface area contributed by atoms with Crippen molar-refractivity contribution in [3.8, 4) is 0 Å². The van der Waals surface area contributed by atoms with Gasteiger partial charge in [-0.2, -0.15) is 8.42 Å². The Morgan fingerprint density at radius 1 is 1.11 bits per heavy atom. The zero-order valence-electron chi connectivity index (χ0n) is 16.6. The van der Waals surface area contributed by atoms with Gasteiger partial charge in [-0.15, -0.1) is 0 Å². The van der Waals surface area contributed by atoms with E-state index in [2.05, 4.69) is 14.8 Å². The molecule has 0 saturated heterocycles. The predicted molar refractivity (Wildman–Crippen MR) is 96.8 cm³/mol. The van der Waals surface area contributed by atoms with Crippen molar-refractivity contribution in [2.24, 2.45) is 5.41 Å². The molecule has 0 aromatic rings. The lowest BCUT2D eigenvalue weighted by molar-refractivity contribution is -0.162. The van der Waals surface area contributed by atoms with Gasteiger partial charge in [-0.05, 0) is 13.3 Å². The molecule has 0 aromatic heterocycles. The molecule has 0 spiro atoms. The maximum absolute atomic E-state index is 11.9. The molecule has 11 nitrogen and oxygen atoms in total. The van der Waals surface area contributed by atoms with Crippen LogP contribution < -0.4 is 5.32 Å². The molecule has 1 atom stereocenters. The minimum absolute atomic E-state index is 0.141. The Kier molecular flexibility index (Phi) is 11.7. The van der Waals surface area contributed by atoms with Gasteiger partial charge in [0.1, 0.15) is 13.2 Å². The Balaban J connectivity index is 4.33. The topological polar surface area (TPSA) is 155 Å². The number of nitrogens with one attached hydrogen (secondary N) is 1. The monoisotopic (exact) mass is 427 g/mol. The van der Waals surface area contributed by atoms with Gasteiger partial charge < -0.3 is 24.6 Å². The molecule has 2 N–H and O–H groups in total. The molecule has 0 bridgehead atoms. The van der Waals surface area contributed by atoms with Crippen LogP contribution in [-0.2, 0) is 38.1 Å². The van der Waals surface area contributed by atoms with Crippen molar-refractivity contribution in [1.82, 2.24) is 5.32 Å². The van der Waals surface area contributed by atoms with Gasteiger partial charge in [0.15, 0.2) is 6.10 Å². The molecule has 12 heteroatoms. The second-order valence-electron chi connectivity index (χ2n) is 6.45. The number of rotatable bonds is 13. The number of ether oxygens (including phenoxy) is 3. The van der Waals surface area contributed by atoms with Crippen molar-refractivity contribution in [2.45, 2.75) is 40.2 Å². The number of amides is 1. The number of aliphatic hydroxyl groups is 1. The van der Waals surface area contributed by atoms with E-state index in [9.17, 15) is 27.9 Å². The smallest absolute Gasteiger partial charge is 0.460 e. The summed E-state index contributed by atoms with van der Waals surface area (Å²) >= 11 is 0. The molecule has 28 heavy (non-hydrogen) atoms. The lowest BCUT2D eigenvalue weighted by Crippen LogP contribution is -2.42. The SMILES string of the molecule is CCOC(=O)OCCOC(=O)C(O)C(C)(C)COS(=O)(=O)CCCNC(C)=O. The van der Waals surface area contributed by atoms with Crippen molar-refractivity contribution >= 4 is 28.1 Å². The summed E-state index contributed by atoms with van der Waals surface area (Å²) < 4.78 is 42.5. The quantitative estimate of drug-likeness (QED) is 0.232. The minimum Gasteiger partial charge on any atom is -0.460 e. The van der Waals surface area contributed by atoms with Crippen molar-refractivity contribution in [3.05, 3.63) is 0 Å². The summed E-state index contributed by atoms with van der Waals surface area (Å²) in [5.74, 6) is -1.60.